The van der Waals surface area contributed by atoms with Crippen LogP contribution < -0.4 is 4.74 Å². The molecule has 2 unspecified atom stereocenters. The van der Waals surface area contributed by atoms with Crippen LogP contribution >= 0.6 is 10.7 Å². The first-order chi connectivity index (χ1) is 9.77. The van der Waals surface area contributed by atoms with Gasteiger partial charge < -0.3 is 9.84 Å². The van der Waals surface area contributed by atoms with Crippen molar-refractivity contribution in [1.29, 1.82) is 0 Å². The standard InChI is InChI=1S/C14H17ClO5S/c1-9-3-2-4-11(7-9)20-12-6-5-10(14(16)17)8-13(12)21(15,18)19/h5-6,8-9,11H,2-4,7H2,1H3,(H,16,17). The van der Waals surface area contributed by atoms with Gasteiger partial charge in [0.2, 0.25) is 0 Å². The normalized spacial score (nSPS) is 22.8. The van der Waals surface area contributed by atoms with Crippen molar-refractivity contribution < 1.29 is 23.1 Å². The molecule has 1 aliphatic rings. The van der Waals surface area contributed by atoms with Gasteiger partial charge in [-0.2, -0.15) is 0 Å². The number of hydrogen-bond acceptors (Lipinski definition) is 4. The van der Waals surface area contributed by atoms with Crippen LogP contribution in [0.25, 0.3) is 0 Å². The molecular weight excluding hydrogens is 316 g/mol. The Morgan fingerprint density at radius 3 is 2.67 bits per heavy atom. The maximum absolute atomic E-state index is 11.6. The van der Waals surface area contributed by atoms with Gasteiger partial charge in [-0.3, -0.25) is 0 Å². The number of halogens is 1. The number of carboxylic acid groups (broad SMARTS) is 1. The van der Waals surface area contributed by atoms with E-state index in [-0.39, 0.29) is 22.3 Å². The molecule has 116 valence electrons. The topological polar surface area (TPSA) is 80.7 Å². The maximum Gasteiger partial charge on any atom is 0.335 e. The van der Waals surface area contributed by atoms with Gasteiger partial charge >= 0.3 is 5.97 Å². The summed E-state index contributed by atoms with van der Waals surface area (Å²) >= 11 is 0. The van der Waals surface area contributed by atoms with Gasteiger partial charge in [0, 0.05) is 10.7 Å². The van der Waals surface area contributed by atoms with Gasteiger partial charge in [0.15, 0.2) is 0 Å². The van der Waals surface area contributed by atoms with E-state index in [4.69, 9.17) is 20.5 Å². The minimum atomic E-state index is -4.07. The lowest BCUT2D eigenvalue weighted by Gasteiger charge is -2.28. The Kier molecular flexibility index (Phi) is 4.78. The van der Waals surface area contributed by atoms with E-state index >= 15 is 0 Å². The smallest absolute Gasteiger partial charge is 0.335 e. The quantitative estimate of drug-likeness (QED) is 0.856. The predicted octanol–water partition coefficient (Wildman–Crippen LogP) is 3.27. The zero-order valence-electron chi connectivity index (χ0n) is 11.6. The minimum Gasteiger partial charge on any atom is -0.489 e. The summed E-state index contributed by atoms with van der Waals surface area (Å²) in [5.74, 6) is -0.568. The van der Waals surface area contributed by atoms with E-state index in [0.717, 1.165) is 31.7 Å². The maximum atomic E-state index is 11.6. The summed E-state index contributed by atoms with van der Waals surface area (Å²) in [4.78, 5) is 10.7. The lowest BCUT2D eigenvalue weighted by atomic mass is 9.89. The summed E-state index contributed by atoms with van der Waals surface area (Å²) in [6, 6.07) is 3.71. The number of carboxylic acids is 1. The SMILES string of the molecule is CC1CCCC(Oc2ccc(C(=O)O)cc2S(=O)(=O)Cl)C1. The average molecular weight is 333 g/mol. The second kappa shape index (κ2) is 6.23. The Hall–Kier alpha value is -1.27. The second-order valence-corrected chi connectivity index (χ2v) is 7.95. The molecule has 0 saturated heterocycles. The third-order valence-electron chi connectivity index (χ3n) is 3.64. The number of aromatic carboxylic acids is 1. The molecule has 1 aromatic rings. The molecular formula is C14H17ClO5S. The Balaban J connectivity index is 2.32. The monoisotopic (exact) mass is 332 g/mol. The molecule has 2 atom stereocenters. The fourth-order valence-corrected chi connectivity index (χ4v) is 3.58. The van der Waals surface area contributed by atoms with E-state index < -0.39 is 15.0 Å². The Morgan fingerprint density at radius 1 is 1.38 bits per heavy atom. The van der Waals surface area contributed by atoms with Crippen LogP contribution in [0, 0.1) is 5.92 Å². The van der Waals surface area contributed by atoms with E-state index in [9.17, 15) is 13.2 Å². The van der Waals surface area contributed by atoms with Crippen molar-refractivity contribution in [3.63, 3.8) is 0 Å². The highest BCUT2D eigenvalue weighted by Crippen LogP contribution is 2.33. The first-order valence-electron chi connectivity index (χ1n) is 6.76. The molecule has 1 fully saturated rings. The summed E-state index contributed by atoms with van der Waals surface area (Å²) in [5, 5.41) is 8.94. The van der Waals surface area contributed by atoms with Gasteiger partial charge in [-0.1, -0.05) is 13.3 Å². The van der Waals surface area contributed by atoms with Gasteiger partial charge in [-0.25, -0.2) is 13.2 Å². The summed E-state index contributed by atoms with van der Waals surface area (Å²) in [6.07, 6.45) is 3.80. The number of rotatable bonds is 4. The molecule has 0 aromatic heterocycles. The van der Waals surface area contributed by atoms with E-state index in [0.29, 0.717) is 5.92 Å². The van der Waals surface area contributed by atoms with Crippen molar-refractivity contribution in [2.45, 2.75) is 43.6 Å². The molecule has 1 N–H and O–H groups in total. The molecule has 21 heavy (non-hydrogen) atoms. The number of carbonyl (C=O) groups is 1. The first-order valence-corrected chi connectivity index (χ1v) is 9.07. The Morgan fingerprint density at radius 2 is 2.10 bits per heavy atom. The van der Waals surface area contributed by atoms with Crippen LogP contribution in [0.2, 0.25) is 0 Å². The molecule has 2 rings (SSSR count). The van der Waals surface area contributed by atoms with E-state index in [1.807, 2.05) is 0 Å². The van der Waals surface area contributed by atoms with Gasteiger partial charge in [0.1, 0.15) is 10.6 Å². The van der Waals surface area contributed by atoms with Gasteiger partial charge in [-0.15, -0.1) is 0 Å². The van der Waals surface area contributed by atoms with E-state index in [2.05, 4.69) is 6.92 Å². The molecule has 0 heterocycles. The first kappa shape index (κ1) is 16.1. The van der Waals surface area contributed by atoms with Gasteiger partial charge in [0.05, 0.1) is 11.7 Å². The van der Waals surface area contributed by atoms with Crippen molar-refractivity contribution in [2.24, 2.45) is 5.92 Å². The van der Waals surface area contributed by atoms with Crippen LogP contribution in [-0.4, -0.2) is 25.6 Å². The van der Waals surface area contributed by atoms with Crippen LogP contribution in [0.4, 0.5) is 0 Å². The molecule has 1 aliphatic carbocycles. The molecule has 1 aromatic carbocycles. The molecule has 1 saturated carbocycles. The van der Waals surface area contributed by atoms with Gasteiger partial charge in [-0.05, 0) is 43.4 Å². The van der Waals surface area contributed by atoms with Crippen LogP contribution in [0.5, 0.6) is 5.75 Å². The molecule has 0 aliphatic heterocycles. The zero-order chi connectivity index (χ0) is 15.6. The summed E-state index contributed by atoms with van der Waals surface area (Å²) in [6.45, 7) is 2.13. The highest BCUT2D eigenvalue weighted by molar-refractivity contribution is 8.13. The molecule has 0 amide bonds. The van der Waals surface area contributed by atoms with Crippen LogP contribution in [-0.2, 0) is 9.05 Å². The van der Waals surface area contributed by atoms with E-state index in [1.54, 1.807) is 0 Å². The summed E-state index contributed by atoms with van der Waals surface area (Å²) < 4.78 is 29.0. The van der Waals surface area contributed by atoms with Crippen molar-refractivity contribution in [3.8, 4) is 5.75 Å². The Bertz CT molecular complexity index is 641. The van der Waals surface area contributed by atoms with Crippen LogP contribution in [0.15, 0.2) is 23.1 Å². The Labute approximate surface area is 128 Å². The second-order valence-electron chi connectivity index (χ2n) is 5.42. The number of hydrogen-bond donors (Lipinski definition) is 1. The average Bonchev–Trinajstić information content (AvgIpc) is 2.37. The molecule has 5 nitrogen and oxygen atoms in total. The summed E-state index contributed by atoms with van der Waals surface area (Å²) in [5.41, 5.74) is -0.140. The lowest BCUT2D eigenvalue weighted by Crippen LogP contribution is -2.24. The van der Waals surface area contributed by atoms with Gasteiger partial charge in [0.25, 0.3) is 9.05 Å². The zero-order valence-corrected chi connectivity index (χ0v) is 13.2. The predicted molar refractivity (Wildman–Crippen MR) is 78.5 cm³/mol. The van der Waals surface area contributed by atoms with Crippen molar-refractivity contribution >= 4 is 25.7 Å². The largest absolute Gasteiger partial charge is 0.489 e. The molecule has 0 radical (unpaired) electrons. The molecule has 0 spiro atoms. The van der Waals surface area contributed by atoms with Crippen molar-refractivity contribution in [2.75, 3.05) is 0 Å². The molecule has 0 bridgehead atoms. The van der Waals surface area contributed by atoms with E-state index in [1.165, 1.54) is 12.1 Å². The summed E-state index contributed by atoms with van der Waals surface area (Å²) in [7, 11) is 1.32. The lowest BCUT2D eigenvalue weighted by molar-refractivity contribution is 0.0696. The highest BCUT2D eigenvalue weighted by atomic mass is 35.7. The minimum absolute atomic E-state index is 0.0680. The van der Waals surface area contributed by atoms with Crippen LogP contribution in [0.3, 0.4) is 0 Å². The fourth-order valence-electron chi connectivity index (χ4n) is 2.59. The third kappa shape index (κ3) is 4.11. The number of ether oxygens (including phenoxy) is 1. The van der Waals surface area contributed by atoms with Crippen LogP contribution in [0.1, 0.15) is 43.0 Å². The molecule has 7 heteroatoms. The van der Waals surface area contributed by atoms with Crippen molar-refractivity contribution in [3.05, 3.63) is 23.8 Å². The number of benzene rings is 1. The third-order valence-corrected chi connectivity index (χ3v) is 4.98. The van der Waals surface area contributed by atoms with Crippen molar-refractivity contribution in [1.82, 2.24) is 0 Å². The highest BCUT2D eigenvalue weighted by Gasteiger charge is 2.25. The fraction of sp³-hybridized carbons (Fsp3) is 0.500.